The summed E-state index contributed by atoms with van der Waals surface area (Å²) in [5.74, 6) is -0.0230. The molecule has 0 saturated carbocycles. The first-order valence-electron chi connectivity index (χ1n) is 10.8. The lowest BCUT2D eigenvalue weighted by atomic mass is 9.95. The molecule has 2 heterocycles. The number of thioether (sulfide) groups is 1. The average molecular weight is 462 g/mol. The van der Waals surface area contributed by atoms with Gasteiger partial charge in [-0.05, 0) is 63.5 Å². The number of carbonyl (C=O) groups is 1. The smallest absolute Gasteiger partial charge is 0.266 e. The molecule has 1 fully saturated rings. The third-order valence-corrected chi connectivity index (χ3v) is 7.15. The highest BCUT2D eigenvalue weighted by molar-refractivity contribution is 8.26. The Hall–Kier alpha value is -2.70. The fourth-order valence-electron chi connectivity index (χ4n) is 4.14. The highest BCUT2D eigenvalue weighted by atomic mass is 32.2. The second-order valence-electron chi connectivity index (χ2n) is 8.30. The van der Waals surface area contributed by atoms with Crippen molar-refractivity contribution < 1.29 is 4.79 Å². The summed E-state index contributed by atoms with van der Waals surface area (Å²) in [6.45, 7) is 10.4. The molecule has 1 aliphatic heterocycles. The lowest BCUT2D eigenvalue weighted by Crippen LogP contribution is -2.36. The van der Waals surface area contributed by atoms with Crippen molar-refractivity contribution in [2.24, 2.45) is 0 Å². The first kappa shape index (κ1) is 22.5. The van der Waals surface area contributed by atoms with E-state index in [4.69, 9.17) is 17.3 Å². The SMILES string of the molecule is CCC(C)N1C(=O)/C(=C\c2cn(-c3ccccc3)nc2-c2c(C)cc(C)cc2C)SC1=S. The van der Waals surface area contributed by atoms with Crippen LogP contribution in [-0.2, 0) is 4.79 Å². The highest BCUT2D eigenvalue weighted by Gasteiger charge is 2.35. The van der Waals surface area contributed by atoms with E-state index in [0.29, 0.717) is 9.23 Å². The summed E-state index contributed by atoms with van der Waals surface area (Å²) in [6.07, 6.45) is 4.81. The van der Waals surface area contributed by atoms with Gasteiger partial charge in [0.2, 0.25) is 0 Å². The number of thiocarbonyl (C=S) groups is 1. The molecule has 0 bridgehead atoms. The van der Waals surface area contributed by atoms with Gasteiger partial charge in [0.1, 0.15) is 10.0 Å². The maximum atomic E-state index is 13.1. The molecule has 4 rings (SSSR count). The number of hydrogen-bond acceptors (Lipinski definition) is 4. The quantitative estimate of drug-likeness (QED) is 0.323. The van der Waals surface area contributed by atoms with Gasteiger partial charge in [-0.2, -0.15) is 5.10 Å². The molecule has 2 aromatic carbocycles. The van der Waals surface area contributed by atoms with E-state index in [-0.39, 0.29) is 11.9 Å². The molecule has 3 aromatic rings. The number of hydrogen-bond donors (Lipinski definition) is 0. The third kappa shape index (κ3) is 4.17. The van der Waals surface area contributed by atoms with Crippen LogP contribution < -0.4 is 0 Å². The molecular weight excluding hydrogens is 434 g/mol. The Balaban J connectivity index is 1.87. The van der Waals surface area contributed by atoms with Crippen LogP contribution >= 0.6 is 24.0 Å². The van der Waals surface area contributed by atoms with Crippen molar-refractivity contribution in [1.29, 1.82) is 0 Å². The zero-order chi connectivity index (χ0) is 23.0. The Morgan fingerprint density at radius 1 is 1.12 bits per heavy atom. The topological polar surface area (TPSA) is 38.1 Å². The fourth-order valence-corrected chi connectivity index (χ4v) is 5.59. The molecule has 1 saturated heterocycles. The van der Waals surface area contributed by atoms with E-state index in [9.17, 15) is 4.79 Å². The van der Waals surface area contributed by atoms with Gasteiger partial charge in [0.25, 0.3) is 5.91 Å². The van der Waals surface area contributed by atoms with E-state index in [1.54, 1.807) is 4.90 Å². The van der Waals surface area contributed by atoms with Crippen molar-refractivity contribution >= 4 is 40.3 Å². The van der Waals surface area contributed by atoms with Crippen LogP contribution in [0.4, 0.5) is 0 Å². The molecule has 0 N–H and O–H groups in total. The van der Waals surface area contributed by atoms with E-state index in [1.807, 2.05) is 54.2 Å². The second kappa shape index (κ2) is 9.04. The number of aromatic nitrogens is 2. The second-order valence-corrected chi connectivity index (χ2v) is 9.97. The van der Waals surface area contributed by atoms with Crippen molar-refractivity contribution in [1.82, 2.24) is 14.7 Å². The summed E-state index contributed by atoms with van der Waals surface area (Å²) in [5, 5.41) is 4.96. The largest absolute Gasteiger partial charge is 0.290 e. The highest BCUT2D eigenvalue weighted by Crippen LogP contribution is 2.37. The van der Waals surface area contributed by atoms with Crippen molar-refractivity contribution in [2.45, 2.75) is 47.1 Å². The predicted molar refractivity (Wildman–Crippen MR) is 138 cm³/mol. The molecule has 4 nitrogen and oxygen atoms in total. The van der Waals surface area contributed by atoms with E-state index in [0.717, 1.165) is 28.9 Å². The molecule has 1 atom stereocenters. The Labute approximate surface area is 199 Å². The number of aryl methyl sites for hydroxylation is 3. The van der Waals surface area contributed by atoms with Gasteiger partial charge in [-0.25, -0.2) is 4.68 Å². The van der Waals surface area contributed by atoms with Crippen LogP contribution in [0.15, 0.2) is 53.6 Å². The Kier molecular flexibility index (Phi) is 6.35. The van der Waals surface area contributed by atoms with Gasteiger partial charge >= 0.3 is 0 Å². The van der Waals surface area contributed by atoms with Gasteiger partial charge in [-0.15, -0.1) is 0 Å². The summed E-state index contributed by atoms with van der Waals surface area (Å²) in [6, 6.07) is 14.5. The summed E-state index contributed by atoms with van der Waals surface area (Å²) in [5.41, 5.74) is 7.43. The Morgan fingerprint density at radius 2 is 1.78 bits per heavy atom. The minimum Gasteiger partial charge on any atom is -0.290 e. The van der Waals surface area contributed by atoms with Crippen LogP contribution in [0.5, 0.6) is 0 Å². The molecule has 164 valence electrons. The molecule has 0 spiro atoms. The first-order valence-corrected chi connectivity index (χ1v) is 12.0. The standard InChI is InChI=1S/C26H27N3OS2/c1-6-19(5)29-25(30)22(32-26(29)31)14-20-15-28(21-10-8-7-9-11-21)27-24(20)23-17(3)12-16(2)13-18(23)4/h7-15,19H,6H2,1-5H3/b22-14+. The molecule has 1 unspecified atom stereocenters. The van der Waals surface area contributed by atoms with Gasteiger partial charge in [-0.3, -0.25) is 9.69 Å². The van der Waals surface area contributed by atoms with Crippen LogP contribution in [0.1, 0.15) is 42.5 Å². The molecular formula is C26H27N3OS2. The molecule has 32 heavy (non-hydrogen) atoms. The van der Waals surface area contributed by atoms with E-state index in [1.165, 1.54) is 28.5 Å². The van der Waals surface area contributed by atoms with Crippen molar-refractivity contribution in [3.05, 3.63) is 75.8 Å². The molecule has 0 aliphatic carbocycles. The molecule has 1 aliphatic rings. The Morgan fingerprint density at radius 3 is 2.41 bits per heavy atom. The van der Waals surface area contributed by atoms with Crippen molar-refractivity contribution in [3.8, 4) is 16.9 Å². The molecule has 6 heteroatoms. The number of amides is 1. The van der Waals surface area contributed by atoms with Crippen LogP contribution in [0.25, 0.3) is 23.0 Å². The van der Waals surface area contributed by atoms with E-state index < -0.39 is 0 Å². The first-order chi connectivity index (χ1) is 15.3. The monoisotopic (exact) mass is 461 g/mol. The third-order valence-electron chi connectivity index (χ3n) is 5.82. The predicted octanol–water partition coefficient (Wildman–Crippen LogP) is 6.46. The molecule has 1 amide bonds. The van der Waals surface area contributed by atoms with E-state index >= 15 is 0 Å². The summed E-state index contributed by atoms with van der Waals surface area (Å²) < 4.78 is 2.50. The van der Waals surface area contributed by atoms with Gasteiger partial charge < -0.3 is 0 Å². The maximum absolute atomic E-state index is 13.1. The molecule has 1 aromatic heterocycles. The minimum atomic E-state index is -0.0230. The Bertz CT molecular complexity index is 1200. The van der Waals surface area contributed by atoms with Crippen molar-refractivity contribution in [3.63, 3.8) is 0 Å². The maximum Gasteiger partial charge on any atom is 0.266 e. The van der Waals surface area contributed by atoms with Crippen LogP contribution in [0, 0.1) is 20.8 Å². The molecule has 0 radical (unpaired) electrons. The van der Waals surface area contributed by atoms with Crippen LogP contribution in [0.3, 0.4) is 0 Å². The minimum absolute atomic E-state index is 0.0230. The number of nitrogens with zero attached hydrogens (tertiary/aromatic N) is 3. The van der Waals surface area contributed by atoms with Gasteiger partial charge in [0.05, 0.1) is 10.6 Å². The summed E-state index contributed by atoms with van der Waals surface area (Å²) >= 11 is 6.90. The number of rotatable bonds is 5. The number of benzene rings is 2. The normalized spacial score (nSPS) is 16.3. The number of para-hydroxylation sites is 1. The average Bonchev–Trinajstić information content (AvgIpc) is 3.28. The lowest BCUT2D eigenvalue weighted by Gasteiger charge is -2.21. The van der Waals surface area contributed by atoms with Crippen LogP contribution in [-0.4, -0.2) is 30.9 Å². The zero-order valence-corrected chi connectivity index (χ0v) is 20.7. The zero-order valence-electron chi connectivity index (χ0n) is 19.0. The summed E-state index contributed by atoms with van der Waals surface area (Å²) in [4.78, 5) is 15.5. The number of carbonyl (C=O) groups excluding carboxylic acids is 1. The van der Waals surface area contributed by atoms with Crippen LogP contribution in [0.2, 0.25) is 0 Å². The van der Waals surface area contributed by atoms with Gasteiger partial charge in [-0.1, -0.05) is 66.8 Å². The summed E-state index contributed by atoms with van der Waals surface area (Å²) in [7, 11) is 0. The fraction of sp³-hybridized carbons (Fsp3) is 0.269. The lowest BCUT2D eigenvalue weighted by molar-refractivity contribution is -0.123. The van der Waals surface area contributed by atoms with Gasteiger partial charge in [0, 0.05) is 23.4 Å². The van der Waals surface area contributed by atoms with E-state index in [2.05, 4.69) is 39.8 Å². The van der Waals surface area contributed by atoms with Crippen molar-refractivity contribution in [2.75, 3.05) is 0 Å². The van der Waals surface area contributed by atoms with Gasteiger partial charge in [0.15, 0.2) is 0 Å².